The quantitative estimate of drug-likeness (QED) is 0.781. The number of rotatable bonds is 4. The zero-order chi connectivity index (χ0) is 17.5. The number of amides is 1. The van der Waals surface area contributed by atoms with E-state index in [1.54, 1.807) is 29.2 Å². The van der Waals surface area contributed by atoms with Gasteiger partial charge in [-0.2, -0.15) is 0 Å². The number of carbonyl (C=O) groups excluding carboxylic acids is 1. The highest BCUT2D eigenvalue weighted by Crippen LogP contribution is 2.32. The second-order valence-electron chi connectivity index (χ2n) is 5.86. The normalized spacial score (nSPS) is 14.3. The molecule has 5 nitrogen and oxygen atoms in total. The minimum atomic E-state index is -3.44. The third-order valence-electron chi connectivity index (χ3n) is 4.02. The van der Waals surface area contributed by atoms with Crippen molar-refractivity contribution in [3.8, 4) is 0 Å². The van der Waals surface area contributed by atoms with E-state index in [9.17, 15) is 13.2 Å². The first kappa shape index (κ1) is 17.1. The highest BCUT2D eigenvalue weighted by atomic mass is 79.9. The van der Waals surface area contributed by atoms with E-state index in [1.165, 1.54) is 18.4 Å². The predicted octanol–water partition coefficient (Wildman–Crippen LogP) is 2.79. The van der Waals surface area contributed by atoms with Crippen LogP contribution in [0.1, 0.15) is 11.1 Å². The summed E-state index contributed by atoms with van der Waals surface area (Å²) in [6.07, 6.45) is 0.399. The SMILES string of the molecule is CN(C)S(=O)(=O)c1ccc(CN2C(=O)Cc3ccc(Br)cc32)cc1. The number of fused-ring (bicyclic) bond motifs is 1. The van der Waals surface area contributed by atoms with Gasteiger partial charge in [0.15, 0.2) is 0 Å². The highest BCUT2D eigenvalue weighted by molar-refractivity contribution is 9.10. The van der Waals surface area contributed by atoms with E-state index in [1.807, 2.05) is 18.2 Å². The van der Waals surface area contributed by atoms with Gasteiger partial charge >= 0.3 is 0 Å². The van der Waals surface area contributed by atoms with E-state index in [0.29, 0.717) is 13.0 Å². The van der Waals surface area contributed by atoms with Gasteiger partial charge in [0, 0.05) is 24.3 Å². The Morgan fingerprint density at radius 1 is 1.12 bits per heavy atom. The van der Waals surface area contributed by atoms with Crippen molar-refractivity contribution in [2.45, 2.75) is 17.9 Å². The lowest BCUT2D eigenvalue weighted by Crippen LogP contribution is -2.26. The number of nitrogens with zero attached hydrogens (tertiary/aromatic N) is 2. The number of carbonyl (C=O) groups is 1. The summed E-state index contributed by atoms with van der Waals surface area (Å²) in [6, 6.07) is 12.5. The lowest BCUT2D eigenvalue weighted by atomic mass is 10.1. The van der Waals surface area contributed by atoms with Crippen LogP contribution in [0.15, 0.2) is 51.8 Å². The van der Waals surface area contributed by atoms with Gasteiger partial charge < -0.3 is 4.90 Å². The van der Waals surface area contributed by atoms with Gasteiger partial charge in [-0.05, 0) is 35.4 Å². The van der Waals surface area contributed by atoms with Gasteiger partial charge in [-0.15, -0.1) is 0 Å². The fraction of sp³-hybridized carbons (Fsp3) is 0.235. The van der Waals surface area contributed by atoms with Crippen molar-refractivity contribution in [3.63, 3.8) is 0 Å². The lowest BCUT2D eigenvalue weighted by molar-refractivity contribution is -0.117. The number of halogens is 1. The van der Waals surface area contributed by atoms with Crippen LogP contribution in [0.2, 0.25) is 0 Å². The molecule has 0 unspecified atom stereocenters. The monoisotopic (exact) mass is 408 g/mol. The van der Waals surface area contributed by atoms with Gasteiger partial charge in [0.1, 0.15) is 0 Å². The van der Waals surface area contributed by atoms with Gasteiger partial charge in [-0.25, -0.2) is 12.7 Å². The molecule has 0 radical (unpaired) electrons. The van der Waals surface area contributed by atoms with Crippen LogP contribution in [0.5, 0.6) is 0 Å². The molecule has 24 heavy (non-hydrogen) atoms. The summed E-state index contributed by atoms with van der Waals surface area (Å²) in [5.74, 6) is 0.0492. The molecule has 1 aliphatic rings. The van der Waals surface area contributed by atoms with E-state index in [4.69, 9.17) is 0 Å². The number of sulfonamides is 1. The van der Waals surface area contributed by atoms with Crippen LogP contribution in [0, 0.1) is 0 Å². The minimum absolute atomic E-state index is 0.0492. The van der Waals surface area contributed by atoms with Crippen LogP contribution in [0.3, 0.4) is 0 Å². The zero-order valence-electron chi connectivity index (χ0n) is 13.4. The Hall–Kier alpha value is -1.70. The smallest absolute Gasteiger partial charge is 0.242 e. The molecule has 1 heterocycles. The van der Waals surface area contributed by atoms with Crippen LogP contribution >= 0.6 is 15.9 Å². The molecular formula is C17H17BrN2O3S. The summed E-state index contributed by atoms with van der Waals surface area (Å²) in [5.41, 5.74) is 2.79. The van der Waals surface area contributed by atoms with Crippen molar-refractivity contribution in [2.75, 3.05) is 19.0 Å². The zero-order valence-corrected chi connectivity index (χ0v) is 15.8. The molecule has 1 amide bonds. The second-order valence-corrected chi connectivity index (χ2v) is 8.93. The Bertz CT molecular complexity index is 893. The van der Waals surface area contributed by atoms with Crippen molar-refractivity contribution in [1.82, 2.24) is 4.31 Å². The van der Waals surface area contributed by atoms with Gasteiger partial charge in [-0.1, -0.05) is 34.1 Å². The molecule has 126 valence electrons. The van der Waals surface area contributed by atoms with Gasteiger partial charge in [0.25, 0.3) is 0 Å². The maximum absolute atomic E-state index is 12.3. The first-order valence-electron chi connectivity index (χ1n) is 7.39. The molecule has 0 aliphatic carbocycles. The third-order valence-corrected chi connectivity index (χ3v) is 6.35. The van der Waals surface area contributed by atoms with Gasteiger partial charge in [0.05, 0.1) is 17.9 Å². The van der Waals surface area contributed by atoms with Crippen LogP contribution in [0.4, 0.5) is 5.69 Å². The molecule has 0 fully saturated rings. The summed E-state index contributed by atoms with van der Waals surface area (Å²) < 4.78 is 26.3. The number of benzene rings is 2. The Morgan fingerprint density at radius 2 is 1.79 bits per heavy atom. The summed E-state index contributed by atoms with van der Waals surface area (Å²) in [6.45, 7) is 0.421. The third kappa shape index (κ3) is 3.11. The van der Waals surface area contributed by atoms with Crippen molar-refractivity contribution in [3.05, 3.63) is 58.1 Å². The average Bonchev–Trinajstić information content (AvgIpc) is 2.83. The molecule has 3 rings (SSSR count). The van der Waals surface area contributed by atoms with Crippen LogP contribution in [-0.4, -0.2) is 32.7 Å². The molecule has 0 spiro atoms. The van der Waals surface area contributed by atoms with Crippen LogP contribution in [0.25, 0.3) is 0 Å². The summed E-state index contributed by atoms with van der Waals surface area (Å²) in [4.78, 5) is 14.2. The standard InChI is InChI=1S/C17H17BrN2O3S/c1-19(2)24(22,23)15-7-3-12(4-8-15)11-20-16-10-14(18)6-5-13(16)9-17(20)21/h3-8,10H,9,11H2,1-2H3. The predicted molar refractivity (Wildman–Crippen MR) is 96.4 cm³/mol. The van der Waals surface area contributed by atoms with Gasteiger partial charge in [-0.3, -0.25) is 4.79 Å². The highest BCUT2D eigenvalue weighted by Gasteiger charge is 2.27. The van der Waals surface area contributed by atoms with Crippen molar-refractivity contribution >= 4 is 37.5 Å². The maximum Gasteiger partial charge on any atom is 0.242 e. The second kappa shape index (κ2) is 6.31. The molecular weight excluding hydrogens is 392 g/mol. The van der Waals surface area contributed by atoms with E-state index < -0.39 is 10.0 Å². The molecule has 2 aromatic carbocycles. The molecule has 7 heteroatoms. The van der Waals surface area contributed by atoms with E-state index in [-0.39, 0.29) is 10.8 Å². The summed E-state index contributed by atoms with van der Waals surface area (Å²) >= 11 is 3.43. The van der Waals surface area contributed by atoms with Crippen molar-refractivity contribution < 1.29 is 13.2 Å². The Kier molecular flexibility index (Phi) is 4.50. The first-order chi connectivity index (χ1) is 11.3. The Labute approximate surface area is 150 Å². The topological polar surface area (TPSA) is 57.7 Å². The molecule has 1 aliphatic heterocycles. The fourth-order valence-electron chi connectivity index (χ4n) is 2.66. The summed E-state index contributed by atoms with van der Waals surface area (Å²) in [5, 5.41) is 0. The molecule has 0 bridgehead atoms. The maximum atomic E-state index is 12.3. The number of anilines is 1. The Morgan fingerprint density at radius 3 is 2.42 bits per heavy atom. The molecule has 0 aromatic heterocycles. The van der Waals surface area contributed by atoms with Crippen LogP contribution < -0.4 is 4.90 Å². The molecule has 0 atom stereocenters. The average molecular weight is 409 g/mol. The van der Waals surface area contributed by atoms with Crippen LogP contribution in [-0.2, 0) is 27.8 Å². The van der Waals surface area contributed by atoms with E-state index in [0.717, 1.165) is 21.3 Å². The minimum Gasteiger partial charge on any atom is -0.307 e. The molecule has 0 saturated heterocycles. The Balaban J connectivity index is 1.86. The number of hydrogen-bond acceptors (Lipinski definition) is 3. The molecule has 0 N–H and O–H groups in total. The lowest BCUT2D eigenvalue weighted by Gasteiger charge is -2.18. The summed E-state index contributed by atoms with van der Waals surface area (Å²) in [7, 11) is -0.438. The van der Waals surface area contributed by atoms with E-state index in [2.05, 4.69) is 15.9 Å². The van der Waals surface area contributed by atoms with Gasteiger partial charge in [0.2, 0.25) is 15.9 Å². The molecule has 2 aromatic rings. The first-order valence-corrected chi connectivity index (χ1v) is 9.62. The fourth-order valence-corrected chi connectivity index (χ4v) is 3.91. The number of hydrogen-bond donors (Lipinski definition) is 0. The van der Waals surface area contributed by atoms with Crippen molar-refractivity contribution in [2.24, 2.45) is 0 Å². The largest absolute Gasteiger partial charge is 0.307 e. The van der Waals surface area contributed by atoms with E-state index >= 15 is 0 Å². The molecule has 0 saturated carbocycles. The van der Waals surface area contributed by atoms with Crippen molar-refractivity contribution in [1.29, 1.82) is 0 Å².